The van der Waals surface area contributed by atoms with Crippen molar-refractivity contribution >= 4 is 5.91 Å². The van der Waals surface area contributed by atoms with Crippen molar-refractivity contribution in [2.75, 3.05) is 0 Å². The molecule has 0 radical (unpaired) electrons. The number of hydrogen-bond acceptors (Lipinski definition) is 1. The van der Waals surface area contributed by atoms with Crippen molar-refractivity contribution in [3.05, 3.63) is 0 Å². The normalized spacial score (nSPS) is 16.0. The van der Waals surface area contributed by atoms with Crippen molar-refractivity contribution in [3.63, 3.8) is 0 Å². The summed E-state index contributed by atoms with van der Waals surface area (Å²) in [6, 6.07) is 0. The quantitative estimate of drug-likeness (QED) is 0.738. The van der Waals surface area contributed by atoms with Crippen LogP contribution in [0, 0.1) is 17.8 Å². The zero-order chi connectivity index (χ0) is 12.9. The zero-order valence-corrected chi connectivity index (χ0v) is 12.1. The SMILES string of the molecule is CCCC(C)C(C)(C)NC(=O)C(C)C(C)C. The fourth-order valence-electron chi connectivity index (χ4n) is 1.65. The first kappa shape index (κ1) is 15.5. The standard InChI is InChI=1S/C14H29NO/c1-8-9-11(4)14(6,7)15-13(16)12(5)10(2)3/h10-12H,8-9H2,1-7H3,(H,15,16). The molecule has 0 aromatic rings. The highest BCUT2D eigenvalue weighted by molar-refractivity contribution is 5.79. The van der Waals surface area contributed by atoms with Crippen molar-refractivity contribution in [3.8, 4) is 0 Å². The van der Waals surface area contributed by atoms with Crippen molar-refractivity contribution in [1.29, 1.82) is 0 Å². The Bertz CT molecular complexity index is 221. The molecule has 0 heterocycles. The third-order valence-electron chi connectivity index (χ3n) is 3.81. The third-order valence-corrected chi connectivity index (χ3v) is 3.81. The van der Waals surface area contributed by atoms with Crippen LogP contribution < -0.4 is 5.32 Å². The first-order valence-electron chi connectivity index (χ1n) is 6.54. The largest absolute Gasteiger partial charge is 0.351 e. The predicted molar refractivity (Wildman–Crippen MR) is 70.3 cm³/mol. The van der Waals surface area contributed by atoms with E-state index in [0.717, 1.165) is 6.42 Å². The smallest absolute Gasteiger partial charge is 0.223 e. The second kappa shape index (κ2) is 6.27. The lowest BCUT2D eigenvalue weighted by atomic mass is 9.84. The second-order valence-corrected chi connectivity index (χ2v) is 5.93. The monoisotopic (exact) mass is 227 g/mol. The first-order valence-corrected chi connectivity index (χ1v) is 6.54. The molecular formula is C14H29NO. The van der Waals surface area contributed by atoms with Gasteiger partial charge in [0.1, 0.15) is 0 Å². The first-order chi connectivity index (χ1) is 7.22. The van der Waals surface area contributed by atoms with Gasteiger partial charge in [0.25, 0.3) is 0 Å². The molecule has 1 amide bonds. The van der Waals surface area contributed by atoms with E-state index in [1.165, 1.54) is 6.42 Å². The Morgan fingerprint density at radius 1 is 1.19 bits per heavy atom. The molecule has 2 heteroatoms. The number of rotatable bonds is 6. The maximum atomic E-state index is 12.0. The molecule has 0 aliphatic rings. The molecule has 0 bridgehead atoms. The molecule has 0 spiro atoms. The molecule has 0 aliphatic carbocycles. The number of carbonyl (C=O) groups excluding carboxylic acids is 1. The van der Waals surface area contributed by atoms with Gasteiger partial charge in [-0.25, -0.2) is 0 Å². The van der Waals surface area contributed by atoms with Crippen LogP contribution in [0.5, 0.6) is 0 Å². The van der Waals surface area contributed by atoms with E-state index in [2.05, 4.69) is 46.9 Å². The van der Waals surface area contributed by atoms with Crippen LogP contribution in [-0.4, -0.2) is 11.4 Å². The van der Waals surface area contributed by atoms with Gasteiger partial charge >= 0.3 is 0 Å². The van der Waals surface area contributed by atoms with Gasteiger partial charge in [-0.1, -0.05) is 41.0 Å². The van der Waals surface area contributed by atoms with E-state index in [-0.39, 0.29) is 17.4 Å². The summed E-state index contributed by atoms with van der Waals surface area (Å²) in [6.07, 6.45) is 2.32. The minimum absolute atomic E-state index is 0.0908. The minimum Gasteiger partial charge on any atom is -0.351 e. The number of amides is 1. The Kier molecular flexibility index (Phi) is 6.06. The highest BCUT2D eigenvalue weighted by Gasteiger charge is 2.29. The van der Waals surface area contributed by atoms with E-state index in [9.17, 15) is 4.79 Å². The molecule has 1 N–H and O–H groups in total. The van der Waals surface area contributed by atoms with Crippen LogP contribution in [0.1, 0.15) is 61.3 Å². The Hall–Kier alpha value is -0.530. The summed E-state index contributed by atoms with van der Waals surface area (Å²) in [7, 11) is 0. The van der Waals surface area contributed by atoms with E-state index in [1.54, 1.807) is 0 Å². The second-order valence-electron chi connectivity index (χ2n) is 5.93. The predicted octanol–water partition coefficient (Wildman–Crippen LogP) is 3.61. The molecule has 96 valence electrons. The van der Waals surface area contributed by atoms with Gasteiger partial charge in [-0.05, 0) is 32.1 Å². The van der Waals surface area contributed by atoms with Crippen molar-refractivity contribution < 1.29 is 4.79 Å². The molecule has 0 saturated carbocycles. The lowest BCUT2D eigenvalue weighted by Crippen LogP contribution is -2.50. The molecular weight excluding hydrogens is 198 g/mol. The van der Waals surface area contributed by atoms with Gasteiger partial charge < -0.3 is 5.32 Å². The van der Waals surface area contributed by atoms with E-state index in [4.69, 9.17) is 0 Å². The molecule has 2 unspecified atom stereocenters. The van der Waals surface area contributed by atoms with Gasteiger partial charge in [0.2, 0.25) is 5.91 Å². The van der Waals surface area contributed by atoms with E-state index in [0.29, 0.717) is 11.8 Å². The summed E-state index contributed by atoms with van der Waals surface area (Å²) in [6.45, 7) is 14.8. The van der Waals surface area contributed by atoms with Gasteiger partial charge in [0.15, 0.2) is 0 Å². The highest BCUT2D eigenvalue weighted by atomic mass is 16.2. The Labute approximate surface area is 101 Å². The minimum atomic E-state index is -0.101. The summed E-state index contributed by atoms with van der Waals surface area (Å²) < 4.78 is 0. The molecule has 16 heavy (non-hydrogen) atoms. The summed E-state index contributed by atoms with van der Waals surface area (Å²) in [5.74, 6) is 1.19. The molecule has 0 aromatic carbocycles. The van der Waals surface area contributed by atoms with Crippen molar-refractivity contribution in [1.82, 2.24) is 5.32 Å². The molecule has 0 fully saturated rings. The molecule has 2 atom stereocenters. The van der Waals surface area contributed by atoms with Gasteiger partial charge in [0.05, 0.1) is 0 Å². The van der Waals surface area contributed by atoms with Crippen LogP contribution in [0.2, 0.25) is 0 Å². The number of hydrogen-bond donors (Lipinski definition) is 1. The fraction of sp³-hybridized carbons (Fsp3) is 0.929. The third kappa shape index (κ3) is 4.54. The van der Waals surface area contributed by atoms with Crippen LogP contribution in [0.25, 0.3) is 0 Å². The van der Waals surface area contributed by atoms with Crippen LogP contribution in [0.3, 0.4) is 0 Å². The lowest BCUT2D eigenvalue weighted by Gasteiger charge is -2.34. The maximum Gasteiger partial charge on any atom is 0.223 e. The van der Waals surface area contributed by atoms with E-state index < -0.39 is 0 Å². The van der Waals surface area contributed by atoms with Crippen LogP contribution in [0.15, 0.2) is 0 Å². The average Bonchev–Trinajstić information content (AvgIpc) is 2.16. The highest BCUT2D eigenvalue weighted by Crippen LogP contribution is 2.22. The van der Waals surface area contributed by atoms with Crippen LogP contribution >= 0.6 is 0 Å². The average molecular weight is 227 g/mol. The summed E-state index contributed by atoms with van der Waals surface area (Å²) >= 11 is 0. The van der Waals surface area contributed by atoms with Crippen LogP contribution in [-0.2, 0) is 4.79 Å². The zero-order valence-electron chi connectivity index (χ0n) is 12.1. The molecule has 2 nitrogen and oxygen atoms in total. The summed E-state index contributed by atoms with van der Waals surface area (Å²) in [5, 5.41) is 3.18. The fourth-order valence-corrected chi connectivity index (χ4v) is 1.65. The van der Waals surface area contributed by atoms with Gasteiger partial charge in [0, 0.05) is 11.5 Å². The van der Waals surface area contributed by atoms with E-state index in [1.807, 2.05) is 6.92 Å². The van der Waals surface area contributed by atoms with Gasteiger partial charge in [-0.3, -0.25) is 4.79 Å². The van der Waals surface area contributed by atoms with Crippen LogP contribution in [0.4, 0.5) is 0 Å². The molecule has 0 rings (SSSR count). The Morgan fingerprint density at radius 2 is 1.69 bits per heavy atom. The van der Waals surface area contributed by atoms with Gasteiger partial charge in [-0.15, -0.1) is 0 Å². The number of nitrogens with one attached hydrogen (secondary N) is 1. The molecule has 0 aliphatic heterocycles. The van der Waals surface area contributed by atoms with Crippen molar-refractivity contribution in [2.24, 2.45) is 17.8 Å². The maximum absolute atomic E-state index is 12.0. The van der Waals surface area contributed by atoms with Crippen molar-refractivity contribution in [2.45, 2.75) is 66.8 Å². The lowest BCUT2D eigenvalue weighted by molar-refractivity contribution is -0.127. The summed E-state index contributed by atoms with van der Waals surface area (Å²) in [5.41, 5.74) is -0.101. The topological polar surface area (TPSA) is 29.1 Å². The Morgan fingerprint density at radius 3 is 2.06 bits per heavy atom. The van der Waals surface area contributed by atoms with Gasteiger partial charge in [-0.2, -0.15) is 0 Å². The number of carbonyl (C=O) groups is 1. The summed E-state index contributed by atoms with van der Waals surface area (Å²) in [4.78, 5) is 12.0. The van der Waals surface area contributed by atoms with E-state index >= 15 is 0 Å². The molecule has 0 saturated heterocycles. The Balaban J connectivity index is 4.40. The molecule has 0 aromatic heterocycles.